The average Bonchev–Trinajstić information content (AvgIpc) is 3.12. The van der Waals surface area contributed by atoms with Gasteiger partial charge in [0.25, 0.3) is 0 Å². The van der Waals surface area contributed by atoms with Crippen LogP contribution >= 0.6 is 12.2 Å². The Labute approximate surface area is 157 Å². The summed E-state index contributed by atoms with van der Waals surface area (Å²) < 4.78 is 31.6. The topological polar surface area (TPSA) is 100 Å². The number of carbonyl (C=O) groups is 1. The average molecular weight is 393 g/mol. The number of sulfonamides is 1. The Kier molecular flexibility index (Phi) is 7.07. The number of nitrogens with one attached hydrogen (secondary N) is 3. The second-order valence-electron chi connectivity index (χ2n) is 5.21. The van der Waals surface area contributed by atoms with Gasteiger partial charge in [0, 0.05) is 18.3 Å². The molecule has 0 saturated heterocycles. The second-order valence-corrected chi connectivity index (χ2v) is 7.39. The van der Waals surface area contributed by atoms with Gasteiger partial charge in [-0.1, -0.05) is 6.92 Å². The Balaban J connectivity index is 1.90. The molecule has 0 radical (unpaired) electrons. The van der Waals surface area contributed by atoms with Gasteiger partial charge in [-0.05, 0) is 61.1 Å². The molecule has 0 atom stereocenters. The van der Waals surface area contributed by atoms with Crippen LogP contribution in [-0.4, -0.2) is 26.0 Å². The molecule has 138 valence electrons. The summed E-state index contributed by atoms with van der Waals surface area (Å²) in [4.78, 5) is 11.9. The lowest BCUT2D eigenvalue weighted by molar-refractivity contribution is -0.115. The first-order valence-electron chi connectivity index (χ1n) is 7.84. The van der Waals surface area contributed by atoms with Crippen LogP contribution in [0.25, 0.3) is 6.08 Å². The summed E-state index contributed by atoms with van der Waals surface area (Å²) in [7, 11) is -3.51. The highest BCUT2D eigenvalue weighted by Gasteiger charge is 2.12. The molecule has 1 aromatic heterocycles. The molecule has 0 aliphatic rings. The SMILES string of the molecule is CCCNS(=O)(=O)c1ccc(NC(=S)NC(=O)/C=C/c2ccco2)cc1. The maximum atomic E-state index is 12.0. The molecule has 0 spiro atoms. The highest BCUT2D eigenvalue weighted by atomic mass is 32.2. The van der Waals surface area contributed by atoms with E-state index in [1.54, 1.807) is 24.3 Å². The van der Waals surface area contributed by atoms with Crippen LogP contribution in [-0.2, 0) is 14.8 Å². The van der Waals surface area contributed by atoms with E-state index >= 15 is 0 Å². The minimum Gasteiger partial charge on any atom is -0.465 e. The van der Waals surface area contributed by atoms with E-state index in [1.807, 2.05) is 6.92 Å². The molecule has 1 heterocycles. The Hall–Kier alpha value is -2.49. The van der Waals surface area contributed by atoms with Crippen LogP contribution in [0, 0.1) is 0 Å². The first kappa shape index (κ1) is 19.8. The molecule has 0 saturated carbocycles. The lowest BCUT2D eigenvalue weighted by atomic mass is 10.3. The minimum absolute atomic E-state index is 0.0961. The molecule has 0 aliphatic heterocycles. The van der Waals surface area contributed by atoms with E-state index in [9.17, 15) is 13.2 Å². The number of anilines is 1. The van der Waals surface area contributed by atoms with Crippen LogP contribution < -0.4 is 15.4 Å². The minimum atomic E-state index is -3.51. The molecule has 0 fully saturated rings. The normalized spacial score (nSPS) is 11.4. The second kappa shape index (κ2) is 9.27. The molecule has 2 aromatic rings. The van der Waals surface area contributed by atoms with E-state index in [2.05, 4.69) is 15.4 Å². The van der Waals surface area contributed by atoms with Gasteiger partial charge >= 0.3 is 0 Å². The predicted molar refractivity (Wildman–Crippen MR) is 104 cm³/mol. The first-order chi connectivity index (χ1) is 12.4. The Morgan fingerprint density at radius 1 is 1.23 bits per heavy atom. The van der Waals surface area contributed by atoms with Gasteiger partial charge in [0.15, 0.2) is 5.11 Å². The Morgan fingerprint density at radius 3 is 2.58 bits per heavy atom. The Morgan fingerprint density at radius 2 is 1.96 bits per heavy atom. The van der Waals surface area contributed by atoms with E-state index in [-0.39, 0.29) is 10.0 Å². The van der Waals surface area contributed by atoms with Crippen molar-refractivity contribution in [3.05, 3.63) is 54.5 Å². The standard InChI is InChI=1S/C17H19N3O4S2/c1-2-11-18-26(22,23)15-8-5-13(6-9-15)19-17(25)20-16(21)10-7-14-4-3-12-24-14/h3-10,12,18H,2,11H2,1H3,(H2,19,20,21,25)/b10-7+. The van der Waals surface area contributed by atoms with Gasteiger partial charge in [-0.25, -0.2) is 13.1 Å². The van der Waals surface area contributed by atoms with Gasteiger partial charge in [-0.2, -0.15) is 0 Å². The van der Waals surface area contributed by atoms with Crippen molar-refractivity contribution in [2.24, 2.45) is 0 Å². The van der Waals surface area contributed by atoms with E-state index < -0.39 is 15.9 Å². The molecule has 26 heavy (non-hydrogen) atoms. The van der Waals surface area contributed by atoms with Crippen LogP contribution in [0.5, 0.6) is 0 Å². The van der Waals surface area contributed by atoms with Crippen molar-refractivity contribution in [2.75, 3.05) is 11.9 Å². The van der Waals surface area contributed by atoms with Gasteiger partial charge in [0.05, 0.1) is 11.2 Å². The van der Waals surface area contributed by atoms with Crippen LogP contribution in [0.3, 0.4) is 0 Å². The van der Waals surface area contributed by atoms with E-state index in [1.165, 1.54) is 30.5 Å². The predicted octanol–water partition coefficient (Wildman–Crippen LogP) is 2.49. The highest BCUT2D eigenvalue weighted by Crippen LogP contribution is 2.14. The number of hydrogen-bond acceptors (Lipinski definition) is 5. The molecular weight excluding hydrogens is 374 g/mol. The molecule has 7 nitrogen and oxygen atoms in total. The third-order valence-corrected chi connectivity index (χ3v) is 4.82. The highest BCUT2D eigenvalue weighted by molar-refractivity contribution is 7.89. The molecule has 1 amide bonds. The number of furan rings is 1. The summed E-state index contributed by atoms with van der Waals surface area (Å²) in [5.41, 5.74) is 0.555. The fourth-order valence-corrected chi connectivity index (χ4v) is 3.25. The van der Waals surface area contributed by atoms with Crippen molar-refractivity contribution in [1.29, 1.82) is 0 Å². The lowest BCUT2D eigenvalue weighted by Crippen LogP contribution is -2.32. The zero-order chi connectivity index (χ0) is 19.0. The Bertz CT molecular complexity index is 873. The van der Waals surface area contributed by atoms with E-state index in [0.29, 0.717) is 24.4 Å². The quantitative estimate of drug-likeness (QED) is 0.494. The maximum absolute atomic E-state index is 12.0. The van der Waals surface area contributed by atoms with Crippen molar-refractivity contribution < 1.29 is 17.6 Å². The molecule has 9 heteroatoms. The van der Waals surface area contributed by atoms with Crippen molar-refractivity contribution in [1.82, 2.24) is 10.0 Å². The number of amides is 1. The van der Waals surface area contributed by atoms with Gasteiger partial charge in [0.1, 0.15) is 5.76 Å². The third kappa shape index (κ3) is 6.10. The number of thiocarbonyl (C=S) groups is 1. The summed E-state index contributed by atoms with van der Waals surface area (Å²) in [6, 6.07) is 9.48. The zero-order valence-electron chi connectivity index (χ0n) is 14.1. The number of benzene rings is 1. The van der Waals surface area contributed by atoms with Crippen LogP contribution in [0.2, 0.25) is 0 Å². The van der Waals surface area contributed by atoms with E-state index in [4.69, 9.17) is 16.6 Å². The van der Waals surface area contributed by atoms with Crippen molar-refractivity contribution in [2.45, 2.75) is 18.2 Å². The molecule has 0 bridgehead atoms. The number of rotatable bonds is 7. The summed E-state index contributed by atoms with van der Waals surface area (Å²) in [5.74, 6) is 0.134. The summed E-state index contributed by atoms with van der Waals surface area (Å²) in [5, 5.41) is 5.40. The number of hydrogen-bond donors (Lipinski definition) is 3. The number of carbonyl (C=O) groups excluding carboxylic acids is 1. The van der Waals surface area contributed by atoms with E-state index in [0.717, 1.165) is 0 Å². The van der Waals surface area contributed by atoms with Gasteiger partial charge in [0.2, 0.25) is 15.9 Å². The largest absolute Gasteiger partial charge is 0.465 e. The molecule has 2 rings (SSSR count). The van der Waals surface area contributed by atoms with Gasteiger partial charge in [-0.3, -0.25) is 10.1 Å². The van der Waals surface area contributed by atoms with Crippen LogP contribution in [0.15, 0.2) is 58.1 Å². The van der Waals surface area contributed by atoms with Crippen LogP contribution in [0.4, 0.5) is 5.69 Å². The fraction of sp³-hybridized carbons (Fsp3) is 0.176. The monoisotopic (exact) mass is 393 g/mol. The molecule has 1 aromatic carbocycles. The lowest BCUT2D eigenvalue weighted by Gasteiger charge is -2.09. The van der Waals surface area contributed by atoms with Gasteiger partial charge in [-0.15, -0.1) is 0 Å². The summed E-state index contributed by atoms with van der Waals surface area (Å²) in [6.07, 6.45) is 5.02. The van der Waals surface area contributed by atoms with Crippen molar-refractivity contribution in [3.8, 4) is 0 Å². The molecule has 0 aliphatic carbocycles. The van der Waals surface area contributed by atoms with Gasteiger partial charge < -0.3 is 9.73 Å². The maximum Gasteiger partial charge on any atom is 0.250 e. The van der Waals surface area contributed by atoms with Crippen molar-refractivity contribution >= 4 is 45.0 Å². The zero-order valence-corrected chi connectivity index (χ0v) is 15.7. The summed E-state index contributed by atoms with van der Waals surface area (Å²) in [6.45, 7) is 2.26. The molecule has 0 unspecified atom stereocenters. The summed E-state index contributed by atoms with van der Waals surface area (Å²) >= 11 is 5.06. The first-order valence-corrected chi connectivity index (χ1v) is 9.73. The fourth-order valence-electron chi connectivity index (χ4n) is 1.90. The third-order valence-electron chi connectivity index (χ3n) is 3.14. The van der Waals surface area contributed by atoms with Crippen molar-refractivity contribution in [3.63, 3.8) is 0 Å². The smallest absolute Gasteiger partial charge is 0.250 e. The molecular formula is C17H19N3O4S2. The molecule has 3 N–H and O–H groups in total. The van der Waals surface area contributed by atoms with Crippen LogP contribution in [0.1, 0.15) is 19.1 Å².